The molecule has 6 nitrogen and oxygen atoms in total. The second kappa shape index (κ2) is 7.28. The van der Waals surface area contributed by atoms with Crippen molar-refractivity contribution in [1.29, 1.82) is 0 Å². The average Bonchev–Trinajstić information content (AvgIpc) is 2.38. The van der Waals surface area contributed by atoms with Crippen LogP contribution in [0.25, 0.3) is 0 Å². The topological polar surface area (TPSA) is 101 Å². The number of esters is 1. The highest BCUT2D eigenvalue weighted by molar-refractivity contribution is 6.02. The summed E-state index contributed by atoms with van der Waals surface area (Å²) in [5, 5.41) is 17.7. The fourth-order valence-electron chi connectivity index (χ4n) is 1.78. The van der Waals surface area contributed by atoms with Crippen LogP contribution in [0.2, 0.25) is 0 Å². The van der Waals surface area contributed by atoms with Gasteiger partial charge >= 0.3 is 17.9 Å². The number of hydrogen-bond acceptors (Lipinski definition) is 4. The van der Waals surface area contributed by atoms with Gasteiger partial charge in [0.05, 0.1) is 17.5 Å². The second-order valence-electron chi connectivity index (χ2n) is 4.26. The Hall–Kier alpha value is -2.37. The number of aliphatic carboxylic acids is 1. The van der Waals surface area contributed by atoms with Gasteiger partial charge in [-0.15, -0.1) is 0 Å². The first-order chi connectivity index (χ1) is 9.45. The Labute approximate surface area is 116 Å². The van der Waals surface area contributed by atoms with Gasteiger partial charge in [0.25, 0.3) is 0 Å². The molecule has 1 aromatic rings. The SMILES string of the molecule is CCCC(CC(=O)O)OC(=O)c1ccccc1C(=O)O. The van der Waals surface area contributed by atoms with E-state index in [9.17, 15) is 14.4 Å². The van der Waals surface area contributed by atoms with Crippen molar-refractivity contribution in [3.05, 3.63) is 35.4 Å². The minimum Gasteiger partial charge on any atom is -0.481 e. The molecule has 0 amide bonds. The van der Waals surface area contributed by atoms with Crippen LogP contribution < -0.4 is 0 Å². The highest BCUT2D eigenvalue weighted by Crippen LogP contribution is 2.15. The van der Waals surface area contributed by atoms with Gasteiger partial charge in [-0.25, -0.2) is 9.59 Å². The van der Waals surface area contributed by atoms with Crippen molar-refractivity contribution in [3.63, 3.8) is 0 Å². The quantitative estimate of drug-likeness (QED) is 0.742. The molecule has 6 heteroatoms. The molecule has 0 spiro atoms. The average molecular weight is 280 g/mol. The molecule has 0 aromatic heterocycles. The van der Waals surface area contributed by atoms with Crippen molar-refractivity contribution in [2.45, 2.75) is 32.3 Å². The Kier molecular flexibility index (Phi) is 5.71. The van der Waals surface area contributed by atoms with Crippen molar-refractivity contribution >= 4 is 17.9 Å². The third-order valence-electron chi connectivity index (χ3n) is 2.66. The van der Waals surface area contributed by atoms with Gasteiger partial charge in [-0.1, -0.05) is 25.5 Å². The summed E-state index contributed by atoms with van der Waals surface area (Å²) in [4.78, 5) is 33.7. The zero-order valence-electron chi connectivity index (χ0n) is 11.0. The summed E-state index contributed by atoms with van der Waals surface area (Å²) in [6.45, 7) is 1.84. The summed E-state index contributed by atoms with van der Waals surface area (Å²) in [5.74, 6) is -3.12. The molecule has 1 aromatic carbocycles. The molecule has 20 heavy (non-hydrogen) atoms. The number of hydrogen-bond donors (Lipinski definition) is 2. The largest absolute Gasteiger partial charge is 0.481 e. The van der Waals surface area contributed by atoms with E-state index in [1.165, 1.54) is 24.3 Å². The van der Waals surface area contributed by atoms with E-state index in [-0.39, 0.29) is 17.5 Å². The van der Waals surface area contributed by atoms with E-state index in [0.717, 1.165) is 0 Å². The van der Waals surface area contributed by atoms with Crippen LogP contribution in [0.15, 0.2) is 24.3 Å². The fourth-order valence-corrected chi connectivity index (χ4v) is 1.78. The van der Waals surface area contributed by atoms with Crippen LogP contribution >= 0.6 is 0 Å². The van der Waals surface area contributed by atoms with Crippen molar-refractivity contribution in [2.24, 2.45) is 0 Å². The Morgan fingerprint density at radius 3 is 2.25 bits per heavy atom. The standard InChI is InChI=1S/C14H16O6/c1-2-5-9(8-12(15)16)20-14(19)11-7-4-3-6-10(11)13(17)18/h3-4,6-7,9H,2,5,8H2,1H3,(H,15,16)(H,17,18). The Morgan fingerprint density at radius 2 is 1.75 bits per heavy atom. The number of rotatable bonds is 7. The summed E-state index contributed by atoms with van der Waals surface area (Å²) < 4.78 is 5.10. The van der Waals surface area contributed by atoms with Gasteiger partial charge in [0.2, 0.25) is 0 Å². The van der Waals surface area contributed by atoms with Crippen LogP contribution in [-0.2, 0) is 9.53 Å². The summed E-state index contributed by atoms with van der Waals surface area (Å²) in [6, 6.07) is 5.66. The molecule has 1 rings (SSSR count). The lowest BCUT2D eigenvalue weighted by molar-refractivity contribution is -0.139. The molecule has 2 N–H and O–H groups in total. The molecule has 108 valence electrons. The maximum absolute atomic E-state index is 12.0. The number of benzene rings is 1. The van der Waals surface area contributed by atoms with E-state index < -0.39 is 24.0 Å². The van der Waals surface area contributed by atoms with Crippen LogP contribution in [-0.4, -0.2) is 34.2 Å². The monoisotopic (exact) mass is 280 g/mol. The molecule has 0 radical (unpaired) electrons. The first-order valence-electron chi connectivity index (χ1n) is 6.20. The van der Waals surface area contributed by atoms with Crippen molar-refractivity contribution in [3.8, 4) is 0 Å². The van der Waals surface area contributed by atoms with E-state index in [0.29, 0.717) is 12.8 Å². The molecule has 0 aliphatic heterocycles. The first-order valence-corrected chi connectivity index (χ1v) is 6.20. The van der Waals surface area contributed by atoms with Crippen LogP contribution in [0.3, 0.4) is 0 Å². The third-order valence-corrected chi connectivity index (χ3v) is 2.66. The molecular formula is C14H16O6. The highest BCUT2D eigenvalue weighted by Gasteiger charge is 2.22. The molecule has 0 aliphatic carbocycles. The lowest BCUT2D eigenvalue weighted by Gasteiger charge is -2.16. The molecule has 0 fully saturated rings. The van der Waals surface area contributed by atoms with Gasteiger partial charge in [0.1, 0.15) is 6.10 Å². The van der Waals surface area contributed by atoms with E-state index in [1.54, 1.807) is 0 Å². The van der Waals surface area contributed by atoms with E-state index in [4.69, 9.17) is 14.9 Å². The maximum atomic E-state index is 12.0. The smallest absolute Gasteiger partial charge is 0.339 e. The minimum atomic E-state index is -1.23. The zero-order chi connectivity index (χ0) is 15.1. The van der Waals surface area contributed by atoms with Gasteiger partial charge < -0.3 is 14.9 Å². The van der Waals surface area contributed by atoms with Gasteiger partial charge in [-0.05, 0) is 18.6 Å². The molecule has 0 saturated carbocycles. The summed E-state index contributed by atoms with van der Waals surface area (Å²) in [7, 11) is 0. The summed E-state index contributed by atoms with van der Waals surface area (Å²) in [5.41, 5.74) is -0.241. The second-order valence-corrected chi connectivity index (χ2v) is 4.26. The predicted octanol–water partition coefficient (Wildman–Crippen LogP) is 2.19. The fraction of sp³-hybridized carbons (Fsp3) is 0.357. The first kappa shape index (κ1) is 15.7. The zero-order valence-corrected chi connectivity index (χ0v) is 11.0. The van der Waals surface area contributed by atoms with Gasteiger partial charge in [0, 0.05) is 0 Å². The van der Waals surface area contributed by atoms with Crippen LogP contribution in [0.5, 0.6) is 0 Å². The number of ether oxygens (including phenoxy) is 1. The molecule has 1 unspecified atom stereocenters. The van der Waals surface area contributed by atoms with Crippen molar-refractivity contribution in [2.75, 3.05) is 0 Å². The van der Waals surface area contributed by atoms with Crippen molar-refractivity contribution in [1.82, 2.24) is 0 Å². The van der Waals surface area contributed by atoms with Crippen molar-refractivity contribution < 1.29 is 29.3 Å². The lowest BCUT2D eigenvalue weighted by atomic mass is 10.1. The molecule has 0 heterocycles. The normalized spacial score (nSPS) is 11.7. The van der Waals surface area contributed by atoms with E-state index in [1.807, 2.05) is 6.92 Å². The maximum Gasteiger partial charge on any atom is 0.339 e. The summed E-state index contributed by atoms with van der Waals surface area (Å²) in [6.07, 6.45) is 0.0142. The highest BCUT2D eigenvalue weighted by atomic mass is 16.5. The molecular weight excluding hydrogens is 264 g/mol. The molecule has 0 bridgehead atoms. The van der Waals surface area contributed by atoms with Gasteiger partial charge in [-0.2, -0.15) is 0 Å². The summed E-state index contributed by atoms with van der Waals surface area (Å²) >= 11 is 0. The Morgan fingerprint density at radius 1 is 1.15 bits per heavy atom. The number of carbonyl (C=O) groups excluding carboxylic acids is 1. The van der Waals surface area contributed by atoms with E-state index in [2.05, 4.69) is 0 Å². The third kappa shape index (κ3) is 4.38. The van der Waals surface area contributed by atoms with Crippen LogP contribution in [0, 0.1) is 0 Å². The van der Waals surface area contributed by atoms with Gasteiger partial charge in [0.15, 0.2) is 0 Å². The molecule has 1 atom stereocenters. The molecule has 0 aliphatic rings. The number of carbonyl (C=O) groups is 3. The number of aromatic carboxylic acids is 1. The number of carboxylic acid groups (broad SMARTS) is 2. The Bertz CT molecular complexity index is 508. The van der Waals surface area contributed by atoms with Gasteiger partial charge in [-0.3, -0.25) is 4.79 Å². The van der Waals surface area contributed by atoms with E-state index >= 15 is 0 Å². The number of carboxylic acids is 2. The minimum absolute atomic E-state index is 0.0773. The molecule has 0 saturated heterocycles. The predicted molar refractivity (Wildman–Crippen MR) is 69.8 cm³/mol. The Balaban J connectivity index is 2.88. The van der Waals surface area contributed by atoms with Crippen LogP contribution in [0.1, 0.15) is 46.9 Å². The van der Waals surface area contributed by atoms with Crippen LogP contribution in [0.4, 0.5) is 0 Å². The lowest BCUT2D eigenvalue weighted by Crippen LogP contribution is -2.22.